The molecule has 4 rings (SSSR count). The molecule has 0 aliphatic carbocycles. The maximum atomic E-state index is 12.8. The summed E-state index contributed by atoms with van der Waals surface area (Å²) in [6, 6.07) is 17.7. The van der Waals surface area contributed by atoms with Crippen molar-refractivity contribution in [1.82, 2.24) is 4.57 Å². The number of sulfonamides is 1. The first kappa shape index (κ1) is 23.0. The van der Waals surface area contributed by atoms with Crippen molar-refractivity contribution in [3.8, 4) is 5.75 Å². The zero-order chi connectivity index (χ0) is 23.6. The lowest BCUT2D eigenvalue weighted by atomic mass is 10.2. The van der Waals surface area contributed by atoms with Gasteiger partial charge in [0.15, 0.2) is 4.80 Å². The highest BCUT2D eigenvalue weighted by molar-refractivity contribution is 7.92. The number of carbonyl (C=O) groups excluding carboxylic acids is 1. The van der Waals surface area contributed by atoms with Crippen LogP contribution in [0.25, 0.3) is 10.2 Å². The average molecular weight is 502 g/mol. The molecule has 3 aromatic carbocycles. The van der Waals surface area contributed by atoms with Crippen molar-refractivity contribution in [1.29, 1.82) is 0 Å². The van der Waals surface area contributed by atoms with E-state index in [0.29, 0.717) is 16.4 Å². The molecule has 0 unspecified atom stereocenters. The highest BCUT2D eigenvalue weighted by atomic mass is 35.5. The largest absolute Gasteiger partial charge is 0.494 e. The molecule has 1 heterocycles. The molecule has 0 aliphatic rings. The maximum absolute atomic E-state index is 12.8. The van der Waals surface area contributed by atoms with Gasteiger partial charge in [-0.1, -0.05) is 29.0 Å². The summed E-state index contributed by atoms with van der Waals surface area (Å²) in [5.74, 6) is 0.278. The quantitative estimate of drug-likeness (QED) is 0.409. The molecule has 1 amide bonds. The molecule has 0 radical (unpaired) electrons. The number of thiazole rings is 1. The Balaban J connectivity index is 1.62. The van der Waals surface area contributed by atoms with E-state index < -0.39 is 15.9 Å². The van der Waals surface area contributed by atoms with E-state index in [0.717, 1.165) is 16.0 Å². The fraction of sp³-hybridized carbons (Fsp3) is 0.130. The number of amides is 1. The minimum Gasteiger partial charge on any atom is -0.494 e. The van der Waals surface area contributed by atoms with E-state index in [2.05, 4.69) is 9.71 Å². The van der Waals surface area contributed by atoms with Crippen LogP contribution in [0.5, 0.6) is 5.75 Å². The van der Waals surface area contributed by atoms with Gasteiger partial charge in [0.1, 0.15) is 5.75 Å². The van der Waals surface area contributed by atoms with Crippen molar-refractivity contribution in [3.63, 3.8) is 0 Å². The van der Waals surface area contributed by atoms with Crippen LogP contribution < -0.4 is 14.3 Å². The second kappa shape index (κ2) is 9.38. The fourth-order valence-corrected chi connectivity index (χ4v) is 5.39. The number of fused-ring (bicyclic) bond motifs is 1. The number of hydrogen-bond donors (Lipinski definition) is 1. The Morgan fingerprint density at radius 3 is 2.61 bits per heavy atom. The molecule has 1 N–H and O–H groups in total. The third-order valence-electron chi connectivity index (χ3n) is 4.77. The molecule has 170 valence electrons. The Kier molecular flexibility index (Phi) is 6.55. The number of nitrogens with one attached hydrogen (secondary N) is 1. The molecule has 7 nitrogen and oxygen atoms in total. The molecule has 0 aliphatic heterocycles. The van der Waals surface area contributed by atoms with E-state index in [9.17, 15) is 13.2 Å². The molecule has 33 heavy (non-hydrogen) atoms. The predicted octanol–water partition coefficient (Wildman–Crippen LogP) is 4.83. The number of nitrogens with zero attached hydrogens (tertiary/aromatic N) is 2. The summed E-state index contributed by atoms with van der Waals surface area (Å²) in [5.41, 5.74) is 1.45. The topological polar surface area (TPSA) is 89.8 Å². The summed E-state index contributed by atoms with van der Waals surface area (Å²) in [7, 11) is -1.99. The van der Waals surface area contributed by atoms with Crippen LogP contribution in [0.2, 0.25) is 5.02 Å². The Morgan fingerprint density at radius 1 is 1.12 bits per heavy atom. The lowest BCUT2D eigenvalue weighted by Crippen LogP contribution is -2.14. The van der Waals surface area contributed by atoms with Crippen LogP contribution in [0.1, 0.15) is 17.3 Å². The van der Waals surface area contributed by atoms with Gasteiger partial charge in [-0.2, -0.15) is 4.99 Å². The number of rotatable bonds is 6. The van der Waals surface area contributed by atoms with Gasteiger partial charge in [0.05, 0.1) is 21.7 Å². The van der Waals surface area contributed by atoms with Gasteiger partial charge in [0.25, 0.3) is 15.9 Å². The first-order valence-electron chi connectivity index (χ1n) is 9.97. The normalized spacial score (nSPS) is 12.2. The van der Waals surface area contributed by atoms with Crippen molar-refractivity contribution in [3.05, 3.63) is 82.1 Å². The van der Waals surface area contributed by atoms with Crippen LogP contribution in [-0.2, 0) is 17.1 Å². The van der Waals surface area contributed by atoms with E-state index in [1.165, 1.54) is 41.7 Å². The second-order valence-corrected chi connectivity index (χ2v) is 10.2. The SMILES string of the molecule is CCOc1ccc2c(c1)sc(=NC(=O)c1cccc(NS(=O)(=O)c3ccc(Cl)cc3)c1)n2C. The number of halogens is 1. The summed E-state index contributed by atoms with van der Waals surface area (Å²) >= 11 is 7.21. The van der Waals surface area contributed by atoms with E-state index in [-0.39, 0.29) is 16.1 Å². The molecule has 0 saturated heterocycles. The van der Waals surface area contributed by atoms with Crippen LogP contribution in [0, 0.1) is 0 Å². The van der Waals surface area contributed by atoms with Crippen LogP contribution in [0.15, 0.2) is 76.6 Å². The Hall–Kier alpha value is -3.14. The molecular formula is C23H20ClN3O4S2. The standard InChI is InChI=1S/C23H20ClN3O4S2/c1-3-31-18-9-12-20-21(14-18)32-23(27(20)2)25-22(28)15-5-4-6-17(13-15)26-33(29,30)19-10-7-16(24)8-11-19/h4-14,26H,3H2,1-2H3. The van der Waals surface area contributed by atoms with Crippen molar-refractivity contribution < 1.29 is 17.9 Å². The number of aromatic nitrogens is 1. The van der Waals surface area contributed by atoms with Gasteiger partial charge in [-0.25, -0.2) is 8.42 Å². The monoisotopic (exact) mass is 501 g/mol. The fourth-order valence-electron chi connectivity index (χ4n) is 3.17. The van der Waals surface area contributed by atoms with Gasteiger partial charge in [0, 0.05) is 23.3 Å². The molecule has 0 spiro atoms. The van der Waals surface area contributed by atoms with Gasteiger partial charge >= 0.3 is 0 Å². The molecule has 0 bridgehead atoms. The highest BCUT2D eigenvalue weighted by Gasteiger charge is 2.15. The van der Waals surface area contributed by atoms with E-state index >= 15 is 0 Å². The first-order chi connectivity index (χ1) is 15.8. The van der Waals surface area contributed by atoms with Crippen LogP contribution in [-0.4, -0.2) is 25.5 Å². The Bertz CT molecular complexity index is 1510. The smallest absolute Gasteiger partial charge is 0.279 e. The van der Waals surface area contributed by atoms with Crippen molar-refractivity contribution in [2.24, 2.45) is 12.0 Å². The van der Waals surface area contributed by atoms with Gasteiger partial charge in [0.2, 0.25) is 0 Å². The summed E-state index contributed by atoms with van der Waals surface area (Å²) in [6.07, 6.45) is 0. The second-order valence-electron chi connectivity index (χ2n) is 7.06. The van der Waals surface area contributed by atoms with Gasteiger partial charge < -0.3 is 9.30 Å². The van der Waals surface area contributed by atoms with E-state index in [4.69, 9.17) is 16.3 Å². The van der Waals surface area contributed by atoms with Crippen LogP contribution >= 0.6 is 22.9 Å². The number of aryl methyl sites for hydroxylation is 1. The predicted molar refractivity (Wildman–Crippen MR) is 131 cm³/mol. The maximum Gasteiger partial charge on any atom is 0.279 e. The van der Waals surface area contributed by atoms with Crippen LogP contribution in [0.3, 0.4) is 0 Å². The minimum atomic E-state index is -3.83. The van der Waals surface area contributed by atoms with Crippen molar-refractivity contribution in [2.45, 2.75) is 11.8 Å². The first-order valence-corrected chi connectivity index (χ1v) is 12.6. The lowest BCUT2D eigenvalue weighted by Gasteiger charge is -2.09. The highest BCUT2D eigenvalue weighted by Crippen LogP contribution is 2.23. The molecule has 4 aromatic rings. The zero-order valence-corrected chi connectivity index (χ0v) is 20.2. The summed E-state index contributed by atoms with van der Waals surface area (Å²) in [4.78, 5) is 17.7. The molecule has 0 fully saturated rings. The number of anilines is 1. The lowest BCUT2D eigenvalue weighted by molar-refractivity contribution is 0.0998. The number of ether oxygens (including phenoxy) is 1. The molecule has 1 aromatic heterocycles. The minimum absolute atomic E-state index is 0.0667. The third kappa shape index (κ3) is 5.11. The summed E-state index contributed by atoms with van der Waals surface area (Å²) in [6.45, 7) is 2.48. The molecule has 0 atom stereocenters. The molecular weight excluding hydrogens is 482 g/mol. The summed E-state index contributed by atoms with van der Waals surface area (Å²) < 4.78 is 36.1. The average Bonchev–Trinajstić information content (AvgIpc) is 3.08. The molecule has 10 heteroatoms. The number of hydrogen-bond acceptors (Lipinski definition) is 5. The van der Waals surface area contributed by atoms with Gasteiger partial charge in [-0.05, 0) is 67.6 Å². The number of benzene rings is 3. The Morgan fingerprint density at radius 2 is 1.88 bits per heavy atom. The Labute approximate surface area is 200 Å². The van der Waals surface area contributed by atoms with E-state index in [1.54, 1.807) is 18.2 Å². The van der Waals surface area contributed by atoms with Crippen molar-refractivity contribution >= 4 is 54.8 Å². The molecule has 0 saturated carbocycles. The van der Waals surface area contributed by atoms with Gasteiger partial charge in [-0.3, -0.25) is 9.52 Å². The van der Waals surface area contributed by atoms with Gasteiger partial charge in [-0.15, -0.1) is 0 Å². The summed E-state index contributed by atoms with van der Waals surface area (Å²) in [5, 5.41) is 0.437. The van der Waals surface area contributed by atoms with Crippen LogP contribution in [0.4, 0.5) is 5.69 Å². The number of carbonyl (C=O) groups is 1. The zero-order valence-electron chi connectivity index (χ0n) is 17.8. The third-order valence-corrected chi connectivity index (χ3v) is 7.52. The van der Waals surface area contributed by atoms with Crippen molar-refractivity contribution in [2.75, 3.05) is 11.3 Å². The van der Waals surface area contributed by atoms with E-state index in [1.807, 2.05) is 36.7 Å².